The normalized spacial score (nSPS) is 30.7. The van der Waals surface area contributed by atoms with Gasteiger partial charge in [0.2, 0.25) is 5.91 Å². The second-order valence-electron chi connectivity index (χ2n) is 4.40. The number of thiophene rings is 1. The zero-order valence-corrected chi connectivity index (χ0v) is 9.35. The fourth-order valence-electron chi connectivity index (χ4n) is 2.62. The van der Waals surface area contributed by atoms with Gasteiger partial charge in [0.05, 0.1) is 11.1 Å². The van der Waals surface area contributed by atoms with Crippen molar-refractivity contribution in [2.24, 2.45) is 5.41 Å². The van der Waals surface area contributed by atoms with Gasteiger partial charge in [0, 0.05) is 18.5 Å². The second-order valence-corrected chi connectivity index (χ2v) is 5.18. The van der Waals surface area contributed by atoms with E-state index in [0.717, 1.165) is 38.2 Å². The minimum Gasteiger partial charge on any atom is -0.316 e. The zero-order chi connectivity index (χ0) is 10.3. The number of carbonyl (C=O) groups excluding carboxylic acids is 1. The number of hydrogen-bond acceptors (Lipinski definition) is 3. The van der Waals surface area contributed by atoms with Gasteiger partial charge in [-0.3, -0.25) is 4.79 Å². The molecule has 2 aliphatic heterocycles. The van der Waals surface area contributed by atoms with Crippen LogP contribution in [-0.2, 0) is 4.79 Å². The Morgan fingerprint density at radius 1 is 1.47 bits per heavy atom. The molecule has 3 nitrogen and oxygen atoms in total. The molecule has 1 amide bonds. The van der Waals surface area contributed by atoms with Crippen LogP contribution in [0.2, 0.25) is 0 Å². The third-order valence-corrected chi connectivity index (χ3v) is 4.25. The molecule has 2 saturated heterocycles. The maximum Gasteiger partial charge on any atom is 0.234 e. The molecule has 3 heterocycles. The third-order valence-electron chi connectivity index (χ3n) is 3.57. The SMILES string of the molecule is O=C1N(c2ccsc2)CCC12CCNC2. The second kappa shape index (κ2) is 3.32. The summed E-state index contributed by atoms with van der Waals surface area (Å²) in [7, 11) is 0. The highest BCUT2D eigenvalue weighted by molar-refractivity contribution is 7.08. The first kappa shape index (κ1) is 9.36. The number of rotatable bonds is 1. The third kappa shape index (κ3) is 1.32. The van der Waals surface area contributed by atoms with Gasteiger partial charge in [-0.1, -0.05) is 0 Å². The van der Waals surface area contributed by atoms with Crippen molar-refractivity contribution in [1.82, 2.24) is 5.32 Å². The Morgan fingerprint density at radius 3 is 3.07 bits per heavy atom. The van der Waals surface area contributed by atoms with Gasteiger partial charge < -0.3 is 10.2 Å². The minimum absolute atomic E-state index is 0.0814. The van der Waals surface area contributed by atoms with E-state index in [9.17, 15) is 4.79 Å². The number of nitrogens with zero attached hydrogens (tertiary/aromatic N) is 1. The van der Waals surface area contributed by atoms with E-state index in [1.807, 2.05) is 16.3 Å². The Balaban J connectivity index is 1.88. The Labute approximate surface area is 93.1 Å². The highest BCUT2D eigenvalue weighted by atomic mass is 32.1. The van der Waals surface area contributed by atoms with E-state index in [4.69, 9.17) is 0 Å². The van der Waals surface area contributed by atoms with Crippen LogP contribution in [0.1, 0.15) is 12.8 Å². The number of anilines is 1. The fraction of sp³-hybridized carbons (Fsp3) is 0.545. The molecule has 0 aromatic carbocycles. The first-order valence-electron chi connectivity index (χ1n) is 5.37. The molecule has 80 valence electrons. The maximum absolute atomic E-state index is 12.3. The van der Waals surface area contributed by atoms with Crippen molar-refractivity contribution < 1.29 is 4.79 Å². The van der Waals surface area contributed by atoms with Crippen molar-refractivity contribution in [2.75, 3.05) is 24.5 Å². The van der Waals surface area contributed by atoms with Gasteiger partial charge >= 0.3 is 0 Å². The lowest BCUT2D eigenvalue weighted by molar-refractivity contribution is -0.124. The van der Waals surface area contributed by atoms with Crippen molar-refractivity contribution in [1.29, 1.82) is 0 Å². The molecule has 2 aliphatic rings. The molecule has 1 aromatic rings. The molecule has 1 spiro atoms. The summed E-state index contributed by atoms with van der Waals surface area (Å²) in [6.07, 6.45) is 2.02. The average molecular weight is 222 g/mol. The number of nitrogens with one attached hydrogen (secondary N) is 1. The van der Waals surface area contributed by atoms with Gasteiger partial charge in [0.1, 0.15) is 0 Å². The molecule has 4 heteroatoms. The molecule has 0 aliphatic carbocycles. The summed E-state index contributed by atoms with van der Waals surface area (Å²) in [5, 5.41) is 7.39. The molecule has 2 fully saturated rings. The van der Waals surface area contributed by atoms with Crippen LogP contribution in [0.15, 0.2) is 16.8 Å². The van der Waals surface area contributed by atoms with Crippen LogP contribution in [0.4, 0.5) is 5.69 Å². The molecular formula is C11H14N2OS. The summed E-state index contributed by atoms with van der Waals surface area (Å²) >= 11 is 1.65. The molecule has 1 aromatic heterocycles. The van der Waals surface area contributed by atoms with Gasteiger partial charge in [-0.25, -0.2) is 0 Å². The highest BCUT2D eigenvalue weighted by Crippen LogP contribution is 2.39. The molecule has 3 rings (SSSR count). The van der Waals surface area contributed by atoms with E-state index in [1.165, 1.54) is 0 Å². The van der Waals surface area contributed by atoms with Crippen LogP contribution in [0.5, 0.6) is 0 Å². The maximum atomic E-state index is 12.3. The van der Waals surface area contributed by atoms with Crippen LogP contribution >= 0.6 is 11.3 Å². The summed E-state index contributed by atoms with van der Waals surface area (Å²) in [6.45, 7) is 2.74. The Morgan fingerprint density at radius 2 is 2.40 bits per heavy atom. The summed E-state index contributed by atoms with van der Waals surface area (Å²) in [5.74, 6) is 0.325. The lowest BCUT2D eigenvalue weighted by Gasteiger charge is -2.20. The van der Waals surface area contributed by atoms with E-state index in [-0.39, 0.29) is 5.41 Å². The number of carbonyl (C=O) groups is 1. The summed E-state index contributed by atoms with van der Waals surface area (Å²) in [4.78, 5) is 14.3. The number of hydrogen-bond donors (Lipinski definition) is 1. The monoisotopic (exact) mass is 222 g/mol. The minimum atomic E-state index is -0.0814. The molecule has 0 saturated carbocycles. The van der Waals surface area contributed by atoms with Crippen molar-refractivity contribution in [3.05, 3.63) is 16.8 Å². The molecular weight excluding hydrogens is 208 g/mol. The lowest BCUT2D eigenvalue weighted by atomic mass is 9.86. The van der Waals surface area contributed by atoms with Crippen molar-refractivity contribution in [3.63, 3.8) is 0 Å². The standard InChI is InChI=1S/C11H14N2OS/c14-10-11(2-4-12-8-11)3-5-13(10)9-1-6-15-7-9/h1,6-7,12H,2-5,8H2. The van der Waals surface area contributed by atoms with Crippen LogP contribution < -0.4 is 10.2 Å². The molecule has 0 bridgehead atoms. The Hall–Kier alpha value is -0.870. The van der Waals surface area contributed by atoms with Gasteiger partial charge in [-0.2, -0.15) is 11.3 Å². The largest absolute Gasteiger partial charge is 0.316 e. The van der Waals surface area contributed by atoms with Gasteiger partial charge in [-0.05, 0) is 30.8 Å². The Kier molecular flexibility index (Phi) is 2.07. The quantitative estimate of drug-likeness (QED) is 0.780. The molecule has 0 radical (unpaired) electrons. The van der Waals surface area contributed by atoms with E-state index < -0.39 is 0 Å². The van der Waals surface area contributed by atoms with E-state index in [0.29, 0.717) is 5.91 Å². The predicted molar refractivity (Wildman–Crippen MR) is 61.2 cm³/mol. The highest BCUT2D eigenvalue weighted by Gasteiger charge is 2.48. The molecule has 1 N–H and O–H groups in total. The summed E-state index contributed by atoms with van der Waals surface area (Å²) in [6, 6.07) is 2.03. The van der Waals surface area contributed by atoms with E-state index in [1.54, 1.807) is 11.3 Å². The molecule has 15 heavy (non-hydrogen) atoms. The lowest BCUT2D eigenvalue weighted by Crippen LogP contribution is -2.35. The first-order valence-corrected chi connectivity index (χ1v) is 6.31. The fourth-order valence-corrected chi connectivity index (χ4v) is 3.26. The van der Waals surface area contributed by atoms with Gasteiger partial charge in [-0.15, -0.1) is 0 Å². The van der Waals surface area contributed by atoms with Gasteiger partial charge in [0.25, 0.3) is 0 Å². The van der Waals surface area contributed by atoms with E-state index in [2.05, 4.69) is 10.7 Å². The average Bonchev–Trinajstić information content (AvgIpc) is 2.93. The number of amides is 1. The van der Waals surface area contributed by atoms with Crippen molar-refractivity contribution >= 4 is 22.9 Å². The molecule has 1 atom stereocenters. The van der Waals surface area contributed by atoms with Crippen LogP contribution in [0.3, 0.4) is 0 Å². The van der Waals surface area contributed by atoms with Crippen molar-refractivity contribution in [3.8, 4) is 0 Å². The molecule has 1 unspecified atom stereocenters. The van der Waals surface area contributed by atoms with E-state index >= 15 is 0 Å². The topological polar surface area (TPSA) is 32.3 Å². The Bertz CT molecular complexity index is 368. The van der Waals surface area contributed by atoms with Crippen LogP contribution in [-0.4, -0.2) is 25.5 Å². The summed E-state index contributed by atoms with van der Waals surface area (Å²) < 4.78 is 0. The first-order chi connectivity index (χ1) is 7.32. The van der Waals surface area contributed by atoms with Gasteiger partial charge in [0.15, 0.2) is 0 Å². The zero-order valence-electron chi connectivity index (χ0n) is 8.53. The van der Waals surface area contributed by atoms with Crippen LogP contribution in [0, 0.1) is 5.41 Å². The summed E-state index contributed by atoms with van der Waals surface area (Å²) in [5.41, 5.74) is 0.996. The van der Waals surface area contributed by atoms with Crippen molar-refractivity contribution in [2.45, 2.75) is 12.8 Å². The van der Waals surface area contributed by atoms with Crippen LogP contribution in [0.25, 0.3) is 0 Å². The smallest absolute Gasteiger partial charge is 0.234 e. The predicted octanol–water partition coefficient (Wildman–Crippen LogP) is 1.46.